The highest BCUT2D eigenvalue weighted by Gasteiger charge is 2.29. The predicted octanol–water partition coefficient (Wildman–Crippen LogP) is 6.91. The number of aryl methyl sites for hydroxylation is 1. The number of quaternary nitrogens is 1. The van der Waals surface area contributed by atoms with Crippen molar-refractivity contribution in [2.24, 2.45) is 0 Å². The SMILES string of the molecule is Cc1ccc(C[N+](Cc2ccccc2)(Cc2ccccc2)Cc2ccccc2)cc1. The maximum absolute atomic E-state index is 2.29. The van der Waals surface area contributed by atoms with Crippen LogP contribution >= 0.6 is 0 Å². The van der Waals surface area contributed by atoms with E-state index in [2.05, 4.69) is 122 Å². The first-order valence-electron chi connectivity index (χ1n) is 10.7. The standard InChI is InChI=1S/C29H30N/c1-25-17-19-29(20-18-25)24-30(21-26-11-5-2-6-12-26,22-27-13-7-3-8-14-27)23-28-15-9-4-10-16-28/h2-20H,21-24H2,1H3/q+1. The van der Waals surface area contributed by atoms with Crippen LogP contribution in [0, 0.1) is 6.92 Å². The van der Waals surface area contributed by atoms with Crippen molar-refractivity contribution >= 4 is 0 Å². The molecule has 0 heterocycles. The van der Waals surface area contributed by atoms with Gasteiger partial charge in [-0.05, 0) is 6.92 Å². The third kappa shape index (κ3) is 5.46. The van der Waals surface area contributed by atoms with E-state index < -0.39 is 0 Å². The van der Waals surface area contributed by atoms with E-state index in [4.69, 9.17) is 0 Å². The van der Waals surface area contributed by atoms with Crippen LogP contribution in [0.3, 0.4) is 0 Å². The van der Waals surface area contributed by atoms with E-state index in [0.717, 1.165) is 30.7 Å². The summed E-state index contributed by atoms with van der Waals surface area (Å²) < 4.78 is 0.959. The number of rotatable bonds is 8. The largest absolute Gasteiger partial charge is 0.309 e. The van der Waals surface area contributed by atoms with Crippen molar-refractivity contribution in [2.45, 2.75) is 33.1 Å². The second kappa shape index (κ2) is 9.56. The highest BCUT2D eigenvalue weighted by atomic mass is 15.3. The average molecular weight is 393 g/mol. The van der Waals surface area contributed by atoms with Crippen LogP contribution in [0.2, 0.25) is 0 Å². The van der Waals surface area contributed by atoms with Crippen molar-refractivity contribution in [3.05, 3.63) is 143 Å². The van der Waals surface area contributed by atoms with E-state index in [1.807, 2.05) is 0 Å². The third-order valence-corrected chi connectivity index (χ3v) is 5.72. The predicted molar refractivity (Wildman–Crippen MR) is 126 cm³/mol. The molecule has 4 aromatic rings. The monoisotopic (exact) mass is 392 g/mol. The van der Waals surface area contributed by atoms with Gasteiger partial charge in [0.2, 0.25) is 0 Å². The zero-order valence-corrected chi connectivity index (χ0v) is 17.7. The summed E-state index contributed by atoms with van der Waals surface area (Å²) in [7, 11) is 0. The van der Waals surface area contributed by atoms with Gasteiger partial charge >= 0.3 is 0 Å². The number of benzene rings is 4. The first-order chi connectivity index (χ1) is 14.7. The van der Waals surface area contributed by atoms with Gasteiger partial charge in [0.15, 0.2) is 0 Å². The van der Waals surface area contributed by atoms with Crippen LogP contribution in [-0.2, 0) is 26.2 Å². The summed E-state index contributed by atoms with van der Waals surface area (Å²) >= 11 is 0. The Balaban J connectivity index is 1.75. The molecule has 0 atom stereocenters. The first kappa shape index (κ1) is 20.1. The van der Waals surface area contributed by atoms with Crippen LogP contribution in [0.4, 0.5) is 0 Å². The van der Waals surface area contributed by atoms with Gasteiger partial charge in [0.05, 0.1) is 0 Å². The van der Waals surface area contributed by atoms with Gasteiger partial charge in [0, 0.05) is 22.3 Å². The number of nitrogens with zero attached hydrogens (tertiary/aromatic N) is 1. The molecule has 1 nitrogen and oxygen atoms in total. The first-order valence-corrected chi connectivity index (χ1v) is 10.7. The molecule has 1 heteroatoms. The zero-order valence-electron chi connectivity index (χ0n) is 17.7. The minimum Gasteiger partial charge on any atom is -0.309 e. The second-order valence-corrected chi connectivity index (χ2v) is 8.42. The normalized spacial score (nSPS) is 11.4. The van der Waals surface area contributed by atoms with Crippen LogP contribution in [0.25, 0.3) is 0 Å². The third-order valence-electron chi connectivity index (χ3n) is 5.72. The van der Waals surface area contributed by atoms with Gasteiger partial charge in [-0.2, -0.15) is 0 Å². The van der Waals surface area contributed by atoms with Gasteiger partial charge in [-0.3, -0.25) is 0 Å². The Morgan fingerprint density at radius 2 is 0.700 bits per heavy atom. The lowest BCUT2D eigenvalue weighted by atomic mass is 10.0. The number of hydrogen-bond donors (Lipinski definition) is 0. The Bertz CT molecular complexity index is 921. The molecular formula is C29H30N+. The average Bonchev–Trinajstić information content (AvgIpc) is 2.77. The van der Waals surface area contributed by atoms with Crippen LogP contribution in [0.5, 0.6) is 0 Å². The van der Waals surface area contributed by atoms with Gasteiger partial charge in [-0.1, -0.05) is 121 Å². The Labute approximate surface area is 180 Å². The fraction of sp³-hybridized carbons (Fsp3) is 0.172. The molecule has 0 aliphatic heterocycles. The van der Waals surface area contributed by atoms with Crippen LogP contribution < -0.4 is 0 Å². The van der Waals surface area contributed by atoms with Crippen LogP contribution in [0.1, 0.15) is 27.8 Å². The summed E-state index contributed by atoms with van der Waals surface area (Å²) in [5.41, 5.74) is 6.86. The molecule has 150 valence electrons. The van der Waals surface area contributed by atoms with Gasteiger partial charge in [0.1, 0.15) is 26.2 Å². The molecule has 0 saturated carbocycles. The lowest BCUT2D eigenvalue weighted by Crippen LogP contribution is -2.45. The maximum atomic E-state index is 2.29. The van der Waals surface area contributed by atoms with E-state index in [9.17, 15) is 0 Å². The highest BCUT2D eigenvalue weighted by molar-refractivity contribution is 5.22. The van der Waals surface area contributed by atoms with Crippen LogP contribution in [0.15, 0.2) is 115 Å². The maximum Gasteiger partial charge on any atom is 0.105 e. The smallest absolute Gasteiger partial charge is 0.105 e. The molecule has 0 radical (unpaired) electrons. The van der Waals surface area contributed by atoms with E-state index >= 15 is 0 Å². The molecular weight excluding hydrogens is 362 g/mol. The molecule has 0 fully saturated rings. The molecule has 0 unspecified atom stereocenters. The van der Waals surface area contributed by atoms with Gasteiger partial charge < -0.3 is 4.48 Å². The minimum absolute atomic E-state index is 0.959. The van der Waals surface area contributed by atoms with Gasteiger partial charge in [0.25, 0.3) is 0 Å². The molecule has 4 aromatic carbocycles. The van der Waals surface area contributed by atoms with Crippen molar-refractivity contribution in [3.8, 4) is 0 Å². The Morgan fingerprint density at radius 3 is 1.03 bits per heavy atom. The highest BCUT2D eigenvalue weighted by Crippen LogP contribution is 2.27. The van der Waals surface area contributed by atoms with Crippen molar-refractivity contribution < 1.29 is 4.48 Å². The Kier molecular flexibility index (Phi) is 6.41. The molecule has 0 aliphatic rings. The molecule has 30 heavy (non-hydrogen) atoms. The van der Waals surface area contributed by atoms with Gasteiger partial charge in [-0.15, -0.1) is 0 Å². The molecule has 0 N–H and O–H groups in total. The molecule has 4 rings (SSSR count). The van der Waals surface area contributed by atoms with Crippen molar-refractivity contribution in [1.82, 2.24) is 0 Å². The Morgan fingerprint density at radius 1 is 0.400 bits per heavy atom. The molecule has 0 amide bonds. The van der Waals surface area contributed by atoms with Crippen LogP contribution in [-0.4, -0.2) is 4.48 Å². The summed E-state index contributed by atoms with van der Waals surface area (Å²) in [5.74, 6) is 0. The zero-order chi connectivity index (χ0) is 20.7. The van der Waals surface area contributed by atoms with Crippen molar-refractivity contribution in [2.75, 3.05) is 0 Å². The lowest BCUT2D eigenvalue weighted by Gasteiger charge is -2.39. The molecule has 0 saturated heterocycles. The Hall–Kier alpha value is -3.16. The summed E-state index contributed by atoms with van der Waals surface area (Å²) in [6.45, 7) is 6.15. The summed E-state index contributed by atoms with van der Waals surface area (Å²) in [4.78, 5) is 0. The second-order valence-electron chi connectivity index (χ2n) is 8.42. The quantitative estimate of drug-likeness (QED) is 0.286. The van der Waals surface area contributed by atoms with Crippen molar-refractivity contribution in [1.29, 1.82) is 0 Å². The fourth-order valence-corrected chi connectivity index (χ4v) is 4.33. The lowest BCUT2D eigenvalue weighted by molar-refractivity contribution is -0.978. The van der Waals surface area contributed by atoms with E-state index in [1.54, 1.807) is 0 Å². The molecule has 0 aliphatic carbocycles. The summed E-state index contributed by atoms with van der Waals surface area (Å²) in [6, 6.07) is 41.9. The van der Waals surface area contributed by atoms with E-state index in [0.29, 0.717) is 0 Å². The molecule has 0 bridgehead atoms. The summed E-state index contributed by atoms with van der Waals surface area (Å²) in [6.07, 6.45) is 0. The fourth-order valence-electron chi connectivity index (χ4n) is 4.33. The minimum atomic E-state index is 0.959. The van der Waals surface area contributed by atoms with E-state index in [1.165, 1.54) is 27.8 Å². The van der Waals surface area contributed by atoms with E-state index in [-0.39, 0.29) is 0 Å². The molecule has 0 spiro atoms. The topological polar surface area (TPSA) is 0 Å². The van der Waals surface area contributed by atoms with Gasteiger partial charge in [-0.25, -0.2) is 0 Å². The van der Waals surface area contributed by atoms with Crippen molar-refractivity contribution in [3.63, 3.8) is 0 Å². The molecule has 0 aromatic heterocycles. The number of hydrogen-bond acceptors (Lipinski definition) is 0. The summed E-state index contributed by atoms with van der Waals surface area (Å²) in [5, 5.41) is 0.